The quantitative estimate of drug-likeness (QED) is 0.280. The van der Waals surface area contributed by atoms with Gasteiger partial charge < -0.3 is 14.5 Å². The topological polar surface area (TPSA) is 55.6 Å². The predicted octanol–water partition coefficient (Wildman–Crippen LogP) is 6.05. The molecular weight excluding hydrogens is 422 g/mol. The van der Waals surface area contributed by atoms with Crippen LogP contribution in [0.15, 0.2) is 79.1 Å². The van der Waals surface area contributed by atoms with Crippen LogP contribution in [0.3, 0.4) is 0 Å². The van der Waals surface area contributed by atoms with Gasteiger partial charge in [0.1, 0.15) is 6.61 Å². The number of nitrogens with one attached hydrogen (secondary N) is 1. The zero-order valence-electron chi connectivity index (χ0n) is 20.0. The molecule has 5 nitrogen and oxygen atoms in total. The molecule has 1 atom stereocenters. The van der Waals surface area contributed by atoms with Crippen LogP contribution in [0.5, 0.6) is 5.75 Å². The Balaban J connectivity index is 1.62. The van der Waals surface area contributed by atoms with E-state index in [1.807, 2.05) is 67.0 Å². The first kappa shape index (κ1) is 23.6. The van der Waals surface area contributed by atoms with Crippen molar-refractivity contribution in [2.24, 2.45) is 0 Å². The van der Waals surface area contributed by atoms with E-state index in [-0.39, 0.29) is 11.8 Å². The molecule has 1 N–H and O–H groups in total. The number of carbonyl (C=O) groups is 1. The largest absolute Gasteiger partial charge is 0.485 e. The van der Waals surface area contributed by atoms with Crippen LogP contribution < -0.4 is 10.1 Å². The van der Waals surface area contributed by atoms with Gasteiger partial charge in [0.05, 0.1) is 5.69 Å². The van der Waals surface area contributed by atoms with Crippen molar-refractivity contribution in [2.75, 3.05) is 6.54 Å². The standard InChI is InChI=1S/C29H33N3O2/c1-3-4-10-17-30-28(33)19-25(24-15-9-8-12-22(24)2)26-20-31-29-27(16-11-18-32(26)29)34-21-23-13-6-5-7-14-23/h5-9,11-16,18,20,25H,3-4,10,17,19,21H2,1-2H3,(H,30,33). The number of carbonyl (C=O) groups excluding carboxylic acids is 1. The smallest absolute Gasteiger partial charge is 0.221 e. The number of amides is 1. The third-order valence-corrected chi connectivity index (χ3v) is 6.18. The number of aromatic nitrogens is 2. The van der Waals surface area contributed by atoms with Crippen molar-refractivity contribution in [3.05, 3.63) is 102 Å². The number of hydrogen-bond acceptors (Lipinski definition) is 3. The van der Waals surface area contributed by atoms with Gasteiger partial charge in [0, 0.05) is 31.3 Å². The van der Waals surface area contributed by atoms with Crippen molar-refractivity contribution >= 4 is 11.6 Å². The minimum atomic E-state index is -0.105. The number of nitrogens with zero attached hydrogens (tertiary/aromatic N) is 2. The van der Waals surface area contributed by atoms with Gasteiger partial charge in [-0.2, -0.15) is 0 Å². The van der Waals surface area contributed by atoms with Crippen LogP contribution in [0.25, 0.3) is 5.65 Å². The second kappa shape index (κ2) is 11.5. The van der Waals surface area contributed by atoms with Gasteiger partial charge in [-0.05, 0) is 42.2 Å². The Hall–Kier alpha value is -3.60. The van der Waals surface area contributed by atoms with Gasteiger partial charge in [-0.15, -0.1) is 0 Å². The summed E-state index contributed by atoms with van der Waals surface area (Å²) in [5.74, 6) is 0.688. The number of aryl methyl sites for hydroxylation is 1. The Morgan fingerprint density at radius 3 is 2.62 bits per heavy atom. The van der Waals surface area contributed by atoms with E-state index in [2.05, 4.69) is 35.7 Å². The van der Waals surface area contributed by atoms with Crippen molar-refractivity contribution in [1.29, 1.82) is 0 Å². The zero-order chi connectivity index (χ0) is 23.8. The zero-order valence-corrected chi connectivity index (χ0v) is 20.0. The maximum atomic E-state index is 12.9. The highest BCUT2D eigenvalue weighted by Crippen LogP contribution is 2.32. The lowest BCUT2D eigenvalue weighted by Crippen LogP contribution is -2.26. The fourth-order valence-corrected chi connectivity index (χ4v) is 4.32. The Morgan fingerprint density at radius 2 is 1.82 bits per heavy atom. The Morgan fingerprint density at radius 1 is 1.03 bits per heavy atom. The van der Waals surface area contributed by atoms with E-state index >= 15 is 0 Å². The number of rotatable bonds is 11. The minimum absolute atomic E-state index is 0.0655. The van der Waals surface area contributed by atoms with Crippen LogP contribution in [0.4, 0.5) is 0 Å². The summed E-state index contributed by atoms with van der Waals surface area (Å²) in [7, 11) is 0. The number of ether oxygens (including phenoxy) is 1. The fourth-order valence-electron chi connectivity index (χ4n) is 4.32. The number of pyridine rings is 1. The average Bonchev–Trinajstić information content (AvgIpc) is 3.30. The molecular formula is C29H33N3O2. The van der Waals surface area contributed by atoms with Crippen molar-refractivity contribution < 1.29 is 9.53 Å². The summed E-state index contributed by atoms with van der Waals surface area (Å²) in [6.45, 7) is 5.46. The molecule has 4 rings (SSSR count). The number of hydrogen-bond donors (Lipinski definition) is 1. The molecule has 0 radical (unpaired) electrons. The maximum Gasteiger partial charge on any atom is 0.221 e. The van der Waals surface area contributed by atoms with Gasteiger partial charge >= 0.3 is 0 Å². The normalized spacial score (nSPS) is 11.9. The summed E-state index contributed by atoms with van der Waals surface area (Å²) in [5, 5.41) is 3.10. The SMILES string of the molecule is CCCCCNC(=O)CC(c1ccccc1C)c1cnc2c(OCc3ccccc3)cccn12. The molecule has 34 heavy (non-hydrogen) atoms. The summed E-state index contributed by atoms with van der Waals surface area (Å²) in [6.07, 6.45) is 7.53. The van der Waals surface area contributed by atoms with Crippen LogP contribution in [0.1, 0.15) is 60.9 Å². The number of fused-ring (bicyclic) bond motifs is 1. The molecule has 2 aromatic carbocycles. The Bertz CT molecular complexity index is 1220. The van der Waals surface area contributed by atoms with Crippen LogP contribution in [0, 0.1) is 6.92 Å². The highest BCUT2D eigenvalue weighted by molar-refractivity contribution is 5.77. The molecule has 0 saturated heterocycles. The van der Waals surface area contributed by atoms with E-state index in [9.17, 15) is 4.79 Å². The monoisotopic (exact) mass is 455 g/mol. The van der Waals surface area contributed by atoms with E-state index in [4.69, 9.17) is 9.72 Å². The van der Waals surface area contributed by atoms with Gasteiger partial charge in [-0.25, -0.2) is 4.98 Å². The average molecular weight is 456 g/mol. The summed E-state index contributed by atoms with van der Waals surface area (Å²) in [6, 6.07) is 22.3. The molecule has 176 valence electrons. The molecule has 0 saturated carbocycles. The molecule has 0 aliphatic heterocycles. The predicted molar refractivity (Wildman–Crippen MR) is 136 cm³/mol. The minimum Gasteiger partial charge on any atom is -0.485 e. The first-order chi connectivity index (χ1) is 16.7. The first-order valence-electron chi connectivity index (χ1n) is 12.1. The molecule has 5 heteroatoms. The highest BCUT2D eigenvalue weighted by atomic mass is 16.5. The van der Waals surface area contributed by atoms with Gasteiger partial charge in [0.2, 0.25) is 5.91 Å². The molecule has 0 aliphatic rings. The Kier molecular flexibility index (Phi) is 7.97. The lowest BCUT2D eigenvalue weighted by molar-refractivity contribution is -0.121. The van der Waals surface area contributed by atoms with E-state index in [1.54, 1.807) is 0 Å². The van der Waals surface area contributed by atoms with Crippen molar-refractivity contribution in [3.63, 3.8) is 0 Å². The highest BCUT2D eigenvalue weighted by Gasteiger charge is 2.24. The van der Waals surface area contributed by atoms with Crippen LogP contribution in [0.2, 0.25) is 0 Å². The van der Waals surface area contributed by atoms with Crippen LogP contribution in [-0.2, 0) is 11.4 Å². The molecule has 4 aromatic rings. The lowest BCUT2D eigenvalue weighted by Gasteiger charge is -2.19. The molecule has 1 unspecified atom stereocenters. The molecule has 0 fully saturated rings. The van der Waals surface area contributed by atoms with Gasteiger partial charge in [0.15, 0.2) is 11.4 Å². The van der Waals surface area contributed by atoms with Crippen molar-refractivity contribution in [1.82, 2.24) is 14.7 Å². The van der Waals surface area contributed by atoms with E-state index in [0.717, 1.165) is 59.6 Å². The fraction of sp³-hybridized carbons (Fsp3) is 0.310. The number of unbranched alkanes of at least 4 members (excludes halogenated alkanes) is 2. The first-order valence-corrected chi connectivity index (χ1v) is 12.1. The molecule has 2 heterocycles. The van der Waals surface area contributed by atoms with Gasteiger partial charge in [-0.1, -0.05) is 74.4 Å². The van der Waals surface area contributed by atoms with Gasteiger partial charge in [0.25, 0.3) is 0 Å². The molecule has 2 aromatic heterocycles. The number of imidazole rings is 1. The molecule has 0 spiro atoms. The van der Waals surface area contributed by atoms with Crippen molar-refractivity contribution in [3.8, 4) is 5.75 Å². The third-order valence-electron chi connectivity index (χ3n) is 6.18. The third kappa shape index (κ3) is 5.66. The summed E-state index contributed by atoms with van der Waals surface area (Å²) in [4.78, 5) is 17.6. The summed E-state index contributed by atoms with van der Waals surface area (Å²) < 4.78 is 8.18. The van der Waals surface area contributed by atoms with Crippen LogP contribution in [-0.4, -0.2) is 21.8 Å². The molecule has 0 bridgehead atoms. The summed E-state index contributed by atoms with van der Waals surface area (Å²) >= 11 is 0. The van der Waals surface area contributed by atoms with E-state index < -0.39 is 0 Å². The summed E-state index contributed by atoms with van der Waals surface area (Å²) in [5.41, 5.74) is 5.16. The van der Waals surface area contributed by atoms with E-state index in [0.29, 0.717) is 13.0 Å². The van der Waals surface area contributed by atoms with Gasteiger partial charge in [-0.3, -0.25) is 4.79 Å². The second-order valence-corrected chi connectivity index (χ2v) is 8.69. The maximum absolute atomic E-state index is 12.9. The molecule has 0 aliphatic carbocycles. The van der Waals surface area contributed by atoms with E-state index in [1.165, 1.54) is 0 Å². The van der Waals surface area contributed by atoms with Crippen LogP contribution >= 0.6 is 0 Å². The Labute approximate surface area is 201 Å². The molecule has 1 amide bonds. The number of benzene rings is 2. The van der Waals surface area contributed by atoms with Crippen molar-refractivity contribution in [2.45, 2.75) is 52.1 Å². The second-order valence-electron chi connectivity index (χ2n) is 8.69. The lowest BCUT2D eigenvalue weighted by atomic mass is 9.89.